The maximum Gasteiger partial charge on any atom is 0.0576 e. The Bertz CT molecular complexity index is 596. The maximum absolute atomic E-state index is 4.25. The summed E-state index contributed by atoms with van der Waals surface area (Å²) in [6.07, 6.45) is 4.03. The first-order valence-corrected chi connectivity index (χ1v) is 8.10. The molecule has 0 bridgehead atoms. The van der Waals surface area contributed by atoms with Crippen molar-refractivity contribution in [1.82, 2.24) is 20.0 Å². The lowest BCUT2D eigenvalue weighted by Crippen LogP contribution is -2.24. The van der Waals surface area contributed by atoms with E-state index >= 15 is 0 Å². The van der Waals surface area contributed by atoms with Crippen molar-refractivity contribution in [2.75, 3.05) is 26.2 Å². The highest BCUT2D eigenvalue weighted by molar-refractivity contribution is 7.15. The second kappa shape index (κ2) is 6.08. The molecule has 0 aliphatic carbocycles. The van der Waals surface area contributed by atoms with Gasteiger partial charge in [-0.15, -0.1) is 23.7 Å². The van der Waals surface area contributed by atoms with Gasteiger partial charge in [-0.05, 0) is 37.1 Å². The molecule has 1 N–H and O–H groups in total. The lowest BCUT2D eigenvalue weighted by Gasteiger charge is -2.15. The predicted molar refractivity (Wildman–Crippen MR) is 88.9 cm³/mol. The molecular formula is C15H21ClN4S. The van der Waals surface area contributed by atoms with E-state index in [2.05, 4.69) is 33.6 Å². The molecule has 2 aromatic rings. The SMILES string of the molecule is Cl.Cn1cc(-c2ccc(CN3C[C@H]4CNC[C@H]4C3)s2)cn1. The average Bonchev–Trinajstić information content (AvgIpc) is 3.12. The lowest BCUT2D eigenvalue weighted by atomic mass is 10.0. The quantitative estimate of drug-likeness (QED) is 0.940. The number of hydrogen-bond donors (Lipinski definition) is 1. The minimum Gasteiger partial charge on any atom is -0.316 e. The van der Waals surface area contributed by atoms with E-state index in [1.165, 1.54) is 41.5 Å². The fraction of sp³-hybridized carbons (Fsp3) is 0.533. The summed E-state index contributed by atoms with van der Waals surface area (Å²) in [5.74, 6) is 1.76. The van der Waals surface area contributed by atoms with Crippen LogP contribution in [0.15, 0.2) is 24.5 Å². The van der Waals surface area contributed by atoms with E-state index in [1.54, 1.807) is 0 Å². The summed E-state index contributed by atoms with van der Waals surface area (Å²) in [5, 5.41) is 7.75. The smallest absolute Gasteiger partial charge is 0.0576 e. The summed E-state index contributed by atoms with van der Waals surface area (Å²) in [6.45, 7) is 6.06. The van der Waals surface area contributed by atoms with Crippen LogP contribution in [-0.4, -0.2) is 40.9 Å². The zero-order valence-corrected chi connectivity index (χ0v) is 13.8. The van der Waals surface area contributed by atoms with Gasteiger partial charge in [-0.2, -0.15) is 5.10 Å². The summed E-state index contributed by atoms with van der Waals surface area (Å²) < 4.78 is 1.86. The highest BCUT2D eigenvalue weighted by Gasteiger charge is 2.35. The predicted octanol–water partition coefficient (Wildman–Crippen LogP) is 2.22. The Morgan fingerprint density at radius 3 is 2.71 bits per heavy atom. The van der Waals surface area contributed by atoms with Crippen LogP contribution in [0.2, 0.25) is 0 Å². The molecule has 2 aromatic heterocycles. The Kier molecular flexibility index (Phi) is 4.36. The van der Waals surface area contributed by atoms with Crippen molar-refractivity contribution in [2.24, 2.45) is 18.9 Å². The van der Waals surface area contributed by atoms with Crippen LogP contribution in [-0.2, 0) is 13.6 Å². The molecule has 2 atom stereocenters. The van der Waals surface area contributed by atoms with Gasteiger partial charge in [-0.1, -0.05) is 0 Å². The van der Waals surface area contributed by atoms with Gasteiger partial charge in [0.1, 0.15) is 0 Å². The number of hydrogen-bond acceptors (Lipinski definition) is 4. The summed E-state index contributed by atoms with van der Waals surface area (Å²) in [5.41, 5.74) is 1.23. The molecule has 4 nitrogen and oxygen atoms in total. The first kappa shape index (κ1) is 15.0. The molecule has 114 valence electrons. The third kappa shape index (κ3) is 3.01. The Morgan fingerprint density at radius 2 is 2.05 bits per heavy atom. The first-order valence-electron chi connectivity index (χ1n) is 7.29. The molecule has 0 radical (unpaired) electrons. The van der Waals surface area contributed by atoms with E-state index in [0.717, 1.165) is 18.4 Å². The van der Waals surface area contributed by atoms with E-state index in [9.17, 15) is 0 Å². The Labute approximate surface area is 135 Å². The van der Waals surface area contributed by atoms with E-state index in [-0.39, 0.29) is 12.4 Å². The monoisotopic (exact) mass is 324 g/mol. The molecule has 6 heteroatoms. The van der Waals surface area contributed by atoms with Crippen molar-refractivity contribution in [1.29, 1.82) is 0 Å². The van der Waals surface area contributed by atoms with Gasteiger partial charge in [-0.3, -0.25) is 9.58 Å². The van der Waals surface area contributed by atoms with Crippen LogP contribution < -0.4 is 5.32 Å². The van der Waals surface area contributed by atoms with Crippen molar-refractivity contribution in [3.8, 4) is 10.4 Å². The lowest BCUT2D eigenvalue weighted by molar-refractivity contribution is 0.308. The minimum absolute atomic E-state index is 0. The Hall–Kier alpha value is -0.880. The van der Waals surface area contributed by atoms with Crippen LogP contribution in [0.3, 0.4) is 0 Å². The summed E-state index contributed by atoms with van der Waals surface area (Å²) in [4.78, 5) is 5.42. The Balaban J connectivity index is 0.00000132. The standard InChI is InChI=1S/C15H20N4S.ClH/c1-18-7-13(6-17-18)15-3-2-14(20-15)10-19-8-11-4-16-5-12(11)9-19;/h2-3,6-7,11-12,16H,4-5,8-10H2,1H3;1H/t11-,12+;. The van der Waals surface area contributed by atoms with Crippen molar-refractivity contribution < 1.29 is 0 Å². The normalized spacial score (nSPS) is 25.0. The van der Waals surface area contributed by atoms with Gasteiger partial charge in [-0.25, -0.2) is 0 Å². The number of nitrogens with one attached hydrogen (secondary N) is 1. The summed E-state index contributed by atoms with van der Waals surface area (Å²) in [6, 6.07) is 4.51. The molecule has 0 unspecified atom stereocenters. The summed E-state index contributed by atoms with van der Waals surface area (Å²) >= 11 is 1.90. The number of thiophene rings is 1. The van der Waals surface area contributed by atoms with Crippen LogP contribution in [0.4, 0.5) is 0 Å². The molecule has 2 fully saturated rings. The molecule has 0 amide bonds. The number of aromatic nitrogens is 2. The van der Waals surface area contributed by atoms with Gasteiger partial charge in [0.15, 0.2) is 0 Å². The molecule has 2 aliphatic rings. The number of fused-ring (bicyclic) bond motifs is 1. The zero-order chi connectivity index (χ0) is 13.5. The van der Waals surface area contributed by atoms with E-state index in [4.69, 9.17) is 0 Å². The Morgan fingerprint density at radius 1 is 1.29 bits per heavy atom. The maximum atomic E-state index is 4.25. The van der Waals surface area contributed by atoms with Gasteiger partial charge >= 0.3 is 0 Å². The third-order valence-electron chi connectivity index (χ3n) is 4.50. The summed E-state index contributed by atoms with van der Waals surface area (Å²) in [7, 11) is 1.97. The van der Waals surface area contributed by atoms with Gasteiger partial charge in [0, 0.05) is 48.2 Å². The van der Waals surface area contributed by atoms with Crippen molar-refractivity contribution in [3.63, 3.8) is 0 Å². The van der Waals surface area contributed by atoms with E-state index in [0.29, 0.717) is 0 Å². The van der Waals surface area contributed by atoms with Crippen LogP contribution in [0, 0.1) is 11.8 Å². The van der Waals surface area contributed by atoms with Crippen LogP contribution in [0.25, 0.3) is 10.4 Å². The van der Waals surface area contributed by atoms with Crippen LogP contribution >= 0.6 is 23.7 Å². The van der Waals surface area contributed by atoms with Crippen LogP contribution in [0.5, 0.6) is 0 Å². The van der Waals surface area contributed by atoms with E-state index in [1.807, 2.05) is 29.3 Å². The molecular weight excluding hydrogens is 304 g/mol. The molecule has 4 rings (SSSR count). The number of halogens is 1. The number of nitrogens with zero attached hydrogens (tertiary/aromatic N) is 3. The number of rotatable bonds is 3. The second-order valence-electron chi connectivity index (χ2n) is 6.04. The molecule has 21 heavy (non-hydrogen) atoms. The first-order chi connectivity index (χ1) is 9.78. The highest BCUT2D eigenvalue weighted by Crippen LogP contribution is 2.31. The molecule has 4 heterocycles. The minimum atomic E-state index is 0. The zero-order valence-electron chi connectivity index (χ0n) is 12.2. The fourth-order valence-electron chi connectivity index (χ4n) is 3.47. The van der Waals surface area contributed by atoms with Crippen LogP contribution in [0.1, 0.15) is 4.88 Å². The molecule has 2 saturated heterocycles. The highest BCUT2D eigenvalue weighted by atomic mass is 35.5. The van der Waals surface area contributed by atoms with E-state index < -0.39 is 0 Å². The average molecular weight is 325 g/mol. The van der Waals surface area contributed by atoms with Gasteiger partial charge in [0.25, 0.3) is 0 Å². The van der Waals surface area contributed by atoms with Gasteiger partial charge in [0.05, 0.1) is 6.20 Å². The third-order valence-corrected chi connectivity index (χ3v) is 5.61. The molecule has 0 aromatic carbocycles. The van der Waals surface area contributed by atoms with Gasteiger partial charge < -0.3 is 5.32 Å². The fourth-order valence-corrected chi connectivity index (χ4v) is 4.49. The van der Waals surface area contributed by atoms with Crippen molar-refractivity contribution in [3.05, 3.63) is 29.4 Å². The molecule has 0 saturated carbocycles. The second-order valence-corrected chi connectivity index (χ2v) is 7.21. The molecule has 2 aliphatic heterocycles. The number of aryl methyl sites for hydroxylation is 1. The molecule has 0 spiro atoms. The number of likely N-dealkylation sites (tertiary alicyclic amines) is 1. The topological polar surface area (TPSA) is 33.1 Å². The van der Waals surface area contributed by atoms with Gasteiger partial charge in [0.2, 0.25) is 0 Å². The van der Waals surface area contributed by atoms with Crippen molar-refractivity contribution in [2.45, 2.75) is 6.54 Å². The van der Waals surface area contributed by atoms with Crippen molar-refractivity contribution >= 4 is 23.7 Å². The largest absolute Gasteiger partial charge is 0.316 e.